The normalized spacial score (nSPS) is 11.1. The van der Waals surface area contributed by atoms with Gasteiger partial charge >= 0.3 is 5.97 Å². The van der Waals surface area contributed by atoms with Crippen LogP contribution in [0, 0.1) is 0 Å². The number of carboxylic acid groups (broad SMARTS) is 1. The summed E-state index contributed by atoms with van der Waals surface area (Å²) in [5, 5.41) is 20.5. The number of carbonyl (C=O) groups is 1. The lowest BCUT2D eigenvalue weighted by atomic mass is 9.99. The first kappa shape index (κ1) is 21.1. The average molecular weight is 473 g/mol. The van der Waals surface area contributed by atoms with Crippen molar-refractivity contribution in [2.24, 2.45) is 0 Å². The van der Waals surface area contributed by atoms with Gasteiger partial charge in [0, 0.05) is 16.0 Å². The van der Waals surface area contributed by atoms with E-state index in [1.54, 1.807) is 30.3 Å². The Kier molecular flexibility index (Phi) is 5.54. The number of carboxylic acids is 1. The fourth-order valence-corrected chi connectivity index (χ4v) is 4.76. The van der Waals surface area contributed by atoms with E-state index in [0.717, 1.165) is 38.2 Å². The fraction of sp³-hybridized carbons (Fsp3) is 0. The second-order valence-corrected chi connectivity index (χ2v) is 8.89. The zero-order chi connectivity index (χ0) is 22.9. The van der Waals surface area contributed by atoms with Gasteiger partial charge in [-0.05, 0) is 47.5 Å². The number of nitrogens with zero attached hydrogens (tertiary/aromatic N) is 1. The average Bonchev–Trinajstić information content (AvgIpc) is 3.20. The van der Waals surface area contributed by atoms with Crippen molar-refractivity contribution in [2.75, 3.05) is 0 Å². The molecule has 0 fully saturated rings. The van der Waals surface area contributed by atoms with Gasteiger partial charge in [0.2, 0.25) is 0 Å². The molecule has 162 valence electrons. The van der Waals surface area contributed by atoms with Gasteiger partial charge in [0.05, 0.1) is 21.6 Å². The van der Waals surface area contributed by atoms with E-state index in [-0.39, 0.29) is 11.3 Å². The number of phenols is 1. The Morgan fingerprint density at radius 3 is 2.33 bits per heavy atom. The van der Waals surface area contributed by atoms with Crippen LogP contribution in [0.4, 0.5) is 0 Å². The number of benzene rings is 4. The zero-order valence-electron chi connectivity index (χ0n) is 17.1. The van der Waals surface area contributed by atoms with Crippen LogP contribution < -0.4 is 0 Å². The van der Waals surface area contributed by atoms with Gasteiger partial charge in [-0.3, -0.25) is 0 Å². The fourth-order valence-electron chi connectivity index (χ4n) is 3.63. The largest absolute Gasteiger partial charge is 0.507 e. The number of imidazole rings is 1. The molecule has 0 spiro atoms. The van der Waals surface area contributed by atoms with E-state index in [4.69, 9.17) is 11.6 Å². The van der Waals surface area contributed by atoms with Gasteiger partial charge in [-0.1, -0.05) is 71.9 Å². The maximum absolute atomic E-state index is 11.2. The van der Waals surface area contributed by atoms with Crippen LogP contribution in [0.15, 0.2) is 95.0 Å². The molecule has 4 aromatic carbocycles. The highest BCUT2D eigenvalue weighted by molar-refractivity contribution is 7.99. The number of H-pyrrole nitrogens is 1. The maximum atomic E-state index is 11.2. The highest BCUT2D eigenvalue weighted by Crippen LogP contribution is 2.36. The minimum atomic E-state index is -0.966. The third-order valence-electron chi connectivity index (χ3n) is 5.26. The minimum Gasteiger partial charge on any atom is -0.507 e. The number of aromatic amines is 1. The van der Waals surface area contributed by atoms with Gasteiger partial charge < -0.3 is 15.2 Å². The smallest absolute Gasteiger partial charge is 0.335 e. The van der Waals surface area contributed by atoms with Gasteiger partial charge in [0.25, 0.3) is 0 Å². The molecule has 33 heavy (non-hydrogen) atoms. The second kappa shape index (κ2) is 8.65. The van der Waals surface area contributed by atoms with E-state index in [9.17, 15) is 15.0 Å². The van der Waals surface area contributed by atoms with Crippen LogP contribution in [0.3, 0.4) is 0 Å². The van der Waals surface area contributed by atoms with E-state index in [2.05, 4.69) is 9.97 Å². The van der Waals surface area contributed by atoms with Crippen LogP contribution in [0.25, 0.3) is 33.3 Å². The summed E-state index contributed by atoms with van der Waals surface area (Å²) < 4.78 is 0. The predicted molar refractivity (Wildman–Crippen MR) is 131 cm³/mol. The van der Waals surface area contributed by atoms with Crippen molar-refractivity contribution in [1.29, 1.82) is 0 Å². The molecule has 0 saturated heterocycles. The molecule has 0 bridgehead atoms. The topological polar surface area (TPSA) is 86.2 Å². The van der Waals surface area contributed by atoms with Crippen molar-refractivity contribution in [3.05, 3.63) is 95.5 Å². The number of halogens is 1. The lowest BCUT2D eigenvalue weighted by Gasteiger charge is -2.08. The minimum absolute atomic E-state index is 0.230. The first-order valence-electron chi connectivity index (χ1n) is 10.1. The zero-order valence-corrected chi connectivity index (χ0v) is 18.7. The van der Waals surface area contributed by atoms with Gasteiger partial charge in [0.15, 0.2) is 5.16 Å². The second-order valence-electron chi connectivity index (χ2n) is 7.42. The number of hydrogen-bond donors (Lipinski definition) is 3. The van der Waals surface area contributed by atoms with Crippen molar-refractivity contribution >= 4 is 40.4 Å². The summed E-state index contributed by atoms with van der Waals surface area (Å²) in [5.41, 5.74) is 5.26. The molecule has 0 unspecified atom stereocenters. The molecule has 3 N–H and O–H groups in total. The molecule has 1 heterocycles. The van der Waals surface area contributed by atoms with Crippen LogP contribution in [0.5, 0.6) is 5.75 Å². The number of fused-ring (bicyclic) bond motifs is 1. The SMILES string of the molecule is O=C(O)c1cccc(Sc2nc3cc(-c4ccc(-c5ccccc5O)cc4)c(Cl)cc3[nH]2)c1. The van der Waals surface area contributed by atoms with E-state index < -0.39 is 5.97 Å². The Morgan fingerprint density at radius 2 is 1.61 bits per heavy atom. The third kappa shape index (κ3) is 4.31. The quantitative estimate of drug-likeness (QED) is 0.254. The Hall–Kier alpha value is -3.74. The summed E-state index contributed by atoms with van der Waals surface area (Å²) in [7, 11) is 0. The molecule has 0 saturated carbocycles. The van der Waals surface area contributed by atoms with Crippen LogP contribution >= 0.6 is 23.4 Å². The summed E-state index contributed by atoms with van der Waals surface area (Å²) in [6.45, 7) is 0. The molecule has 0 radical (unpaired) electrons. The molecule has 1 aromatic heterocycles. The van der Waals surface area contributed by atoms with Crippen molar-refractivity contribution < 1.29 is 15.0 Å². The standard InChI is InChI=1S/C26H17ClN2O3S/c27-21-14-23-22(28-26(29-23)33-18-5-3-4-17(12-18)25(31)32)13-20(21)16-10-8-15(9-11-16)19-6-1-2-7-24(19)30/h1-14,30H,(H,28,29)(H,31,32). The van der Waals surface area contributed by atoms with E-state index in [1.807, 2.05) is 54.6 Å². The Balaban J connectivity index is 1.45. The van der Waals surface area contributed by atoms with Gasteiger partial charge in [-0.25, -0.2) is 9.78 Å². The van der Waals surface area contributed by atoms with Crippen LogP contribution in [0.2, 0.25) is 5.02 Å². The number of aromatic carboxylic acids is 1. The molecule has 0 atom stereocenters. The van der Waals surface area contributed by atoms with Crippen molar-refractivity contribution in [2.45, 2.75) is 10.1 Å². The Morgan fingerprint density at radius 1 is 0.879 bits per heavy atom. The van der Waals surface area contributed by atoms with Crippen LogP contribution in [-0.2, 0) is 0 Å². The van der Waals surface area contributed by atoms with Crippen LogP contribution in [0.1, 0.15) is 10.4 Å². The maximum Gasteiger partial charge on any atom is 0.335 e. The summed E-state index contributed by atoms with van der Waals surface area (Å²) in [4.78, 5) is 19.9. The van der Waals surface area contributed by atoms with Gasteiger partial charge in [-0.15, -0.1) is 0 Å². The van der Waals surface area contributed by atoms with E-state index in [1.165, 1.54) is 11.8 Å². The number of aromatic hydroxyl groups is 1. The molecule has 0 amide bonds. The van der Waals surface area contributed by atoms with E-state index >= 15 is 0 Å². The number of nitrogens with one attached hydrogen (secondary N) is 1. The highest BCUT2D eigenvalue weighted by atomic mass is 35.5. The van der Waals surface area contributed by atoms with Gasteiger partial charge in [0.1, 0.15) is 5.75 Å². The lowest BCUT2D eigenvalue weighted by molar-refractivity contribution is 0.0696. The number of para-hydroxylation sites is 1. The third-order valence-corrected chi connectivity index (χ3v) is 6.44. The monoisotopic (exact) mass is 472 g/mol. The van der Waals surface area contributed by atoms with Crippen molar-refractivity contribution in [1.82, 2.24) is 9.97 Å². The molecule has 5 nitrogen and oxygen atoms in total. The predicted octanol–water partition coefficient (Wildman–Crippen LogP) is 7.11. The first-order valence-corrected chi connectivity index (χ1v) is 11.3. The molecule has 0 aliphatic rings. The van der Waals surface area contributed by atoms with Crippen molar-refractivity contribution in [3.8, 4) is 28.0 Å². The number of phenolic OH excluding ortho intramolecular Hbond substituents is 1. The molecule has 0 aliphatic carbocycles. The summed E-state index contributed by atoms with van der Waals surface area (Å²) in [5.74, 6) is -0.730. The Bertz CT molecular complexity index is 1500. The molecule has 0 aliphatic heterocycles. The molecule has 5 rings (SSSR count). The highest BCUT2D eigenvalue weighted by Gasteiger charge is 2.12. The van der Waals surface area contributed by atoms with Crippen molar-refractivity contribution in [3.63, 3.8) is 0 Å². The summed E-state index contributed by atoms with van der Waals surface area (Å²) >= 11 is 7.94. The van der Waals surface area contributed by atoms with Gasteiger partial charge in [-0.2, -0.15) is 0 Å². The number of rotatable bonds is 5. The van der Waals surface area contributed by atoms with E-state index in [0.29, 0.717) is 10.2 Å². The molecular formula is C26H17ClN2O3S. The number of hydrogen-bond acceptors (Lipinski definition) is 4. The van der Waals surface area contributed by atoms with Crippen LogP contribution in [-0.4, -0.2) is 26.2 Å². The molecule has 7 heteroatoms. The first-order chi connectivity index (χ1) is 16.0. The number of aromatic nitrogens is 2. The summed E-state index contributed by atoms with van der Waals surface area (Å²) in [6.07, 6.45) is 0. The summed E-state index contributed by atoms with van der Waals surface area (Å²) in [6, 6.07) is 25.6. The molecular weight excluding hydrogens is 456 g/mol. The lowest BCUT2D eigenvalue weighted by Crippen LogP contribution is -1.95. The molecule has 5 aromatic rings. The Labute approximate surface area is 198 Å².